The Morgan fingerprint density at radius 1 is 0.650 bits per heavy atom. The summed E-state index contributed by atoms with van der Waals surface area (Å²) < 4.78 is 0. The van der Waals surface area contributed by atoms with Crippen LogP contribution in [0.4, 0.5) is 0 Å². The molecule has 0 radical (unpaired) electrons. The summed E-state index contributed by atoms with van der Waals surface area (Å²) in [5, 5.41) is 9.26. The maximum atomic E-state index is 9.26. The molecule has 1 saturated heterocycles. The Bertz CT molecular complexity index is 208. The van der Waals surface area contributed by atoms with E-state index in [9.17, 15) is 5.11 Å². The average molecular weight is 328 g/mol. The van der Waals surface area contributed by atoms with Crippen LogP contribution in [0.2, 0.25) is 0 Å². The zero-order valence-electron chi connectivity index (χ0n) is 13.0. The third-order valence-corrected chi connectivity index (χ3v) is 3.87. The topological polar surface area (TPSA) is 45.3 Å². The maximum Gasteiger partial charge on any atom is 0.337 e. The minimum Gasteiger partial charge on any atom is -0.340 e. The summed E-state index contributed by atoms with van der Waals surface area (Å²) in [7, 11) is 0. The monoisotopic (exact) mass is 328 g/mol. The molecule has 0 aromatic rings. The van der Waals surface area contributed by atoms with Crippen molar-refractivity contribution in [2.45, 2.75) is 103 Å². The van der Waals surface area contributed by atoms with Crippen molar-refractivity contribution in [2.24, 2.45) is 0 Å². The first kappa shape index (κ1) is 20.4. The Morgan fingerprint density at radius 3 is 1.35 bits per heavy atom. The summed E-state index contributed by atoms with van der Waals surface area (Å²) in [4.78, 5) is 8.92. The van der Waals surface area contributed by atoms with E-state index in [2.05, 4.69) is 16.7 Å². The Morgan fingerprint density at radius 2 is 1.00 bits per heavy atom. The molecule has 1 heterocycles. The summed E-state index contributed by atoms with van der Waals surface area (Å²) in [5.74, 6) is -1.21. The minimum atomic E-state index is -1.21. The molecule has 0 bridgehead atoms. The van der Waals surface area contributed by atoms with E-state index in [0.717, 1.165) is 6.42 Å². The van der Waals surface area contributed by atoms with Crippen molar-refractivity contribution in [3.63, 3.8) is 0 Å². The third-order valence-electron chi connectivity index (χ3n) is 3.87. The molecule has 0 aliphatic carbocycles. The molecule has 20 heavy (non-hydrogen) atoms. The van der Waals surface area contributed by atoms with Crippen molar-refractivity contribution < 1.29 is 32.0 Å². The molecular formula is C16H32FeO3. The van der Waals surface area contributed by atoms with Crippen LogP contribution in [0.1, 0.15) is 96.8 Å². The molecule has 1 rings (SSSR count). The Kier molecular flexibility index (Phi) is 13.4. The van der Waals surface area contributed by atoms with Crippen LogP contribution in [0.5, 0.6) is 0 Å². The predicted octanol–water partition coefficient (Wildman–Crippen LogP) is 5.07. The quantitative estimate of drug-likeness (QED) is 0.209. The van der Waals surface area contributed by atoms with Gasteiger partial charge in [-0.25, -0.2) is 0 Å². The van der Waals surface area contributed by atoms with E-state index in [0.29, 0.717) is 6.42 Å². The number of rotatable bonds is 14. The van der Waals surface area contributed by atoms with Crippen molar-refractivity contribution in [3.8, 4) is 0 Å². The van der Waals surface area contributed by atoms with E-state index in [4.69, 9.17) is 0 Å². The van der Waals surface area contributed by atoms with E-state index in [1.54, 1.807) is 0 Å². The Labute approximate surface area is 135 Å². The molecule has 1 aliphatic rings. The van der Waals surface area contributed by atoms with Crippen molar-refractivity contribution in [1.29, 1.82) is 0 Å². The van der Waals surface area contributed by atoms with Gasteiger partial charge in [0.1, 0.15) is 0 Å². The molecule has 122 valence electrons. The van der Waals surface area contributed by atoms with Crippen LogP contribution in [0.15, 0.2) is 0 Å². The van der Waals surface area contributed by atoms with Crippen LogP contribution in [0.3, 0.4) is 0 Å². The summed E-state index contributed by atoms with van der Waals surface area (Å²) in [6, 6.07) is 0. The van der Waals surface area contributed by atoms with Gasteiger partial charge in [-0.3, -0.25) is 0 Å². The van der Waals surface area contributed by atoms with Gasteiger partial charge in [0.15, 0.2) is 0 Å². The normalized spacial score (nSPS) is 15.9. The second-order valence-electron chi connectivity index (χ2n) is 5.87. The van der Waals surface area contributed by atoms with Crippen molar-refractivity contribution in [1.82, 2.24) is 0 Å². The second kappa shape index (κ2) is 13.1. The van der Waals surface area contributed by atoms with E-state index < -0.39 is 5.97 Å². The maximum absolute atomic E-state index is 9.26. The fourth-order valence-electron chi connectivity index (χ4n) is 2.50. The third kappa shape index (κ3) is 12.2. The van der Waals surface area contributed by atoms with Gasteiger partial charge < -0.3 is 5.11 Å². The summed E-state index contributed by atoms with van der Waals surface area (Å²) in [6.07, 6.45) is 18.0. The SMILES string of the molecule is CCCCCCCCCCCCCCCC1(O)OO1.[Fe]. The smallest absolute Gasteiger partial charge is 0.337 e. The van der Waals surface area contributed by atoms with E-state index in [1.807, 2.05) is 0 Å². The number of hydrogen-bond acceptors (Lipinski definition) is 3. The van der Waals surface area contributed by atoms with Crippen LogP contribution >= 0.6 is 0 Å². The fraction of sp³-hybridized carbons (Fsp3) is 1.00. The minimum absolute atomic E-state index is 0. The van der Waals surface area contributed by atoms with Crippen LogP contribution in [0.25, 0.3) is 0 Å². The van der Waals surface area contributed by atoms with Crippen molar-refractivity contribution in [2.75, 3.05) is 0 Å². The van der Waals surface area contributed by atoms with Gasteiger partial charge in [0.2, 0.25) is 0 Å². The Hall–Kier alpha value is 0.399. The molecule has 0 spiro atoms. The zero-order chi connectivity index (χ0) is 13.8. The molecule has 0 amide bonds. The molecule has 3 nitrogen and oxygen atoms in total. The molecule has 0 aromatic carbocycles. The Balaban J connectivity index is 0.00000361. The first-order valence-electron chi connectivity index (χ1n) is 8.36. The molecule has 1 aliphatic heterocycles. The molecule has 0 atom stereocenters. The molecule has 1 fully saturated rings. The standard InChI is InChI=1S/C16H32O3.Fe/c1-2-3-4-5-6-7-8-9-10-11-12-13-14-15-16(17)18-19-16;/h17H,2-15H2,1H3;. The van der Waals surface area contributed by atoms with Gasteiger partial charge in [-0.05, 0) is 6.42 Å². The molecule has 0 saturated carbocycles. The van der Waals surface area contributed by atoms with Gasteiger partial charge in [-0.15, -0.1) is 0 Å². The van der Waals surface area contributed by atoms with Crippen LogP contribution in [-0.2, 0) is 26.8 Å². The van der Waals surface area contributed by atoms with E-state index in [1.165, 1.54) is 77.0 Å². The van der Waals surface area contributed by atoms with Gasteiger partial charge in [-0.1, -0.05) is 84.0 Å². The van der Waals surface area contributed by atoms with Gasteiger partial charge in [0, 0.05) is 23.5 Å². The summed E-state index contributed by atoms with van der Waals surface area (Å²) >= 11 is 0. The summed E-state index contributed by atoms with van der Waals surface area (Å²) in [6.45, 7) is 2.27. The van der Waals surface area contributed by atoms with Gasteiger partial charge >= 0.3 is 5.97 Å². The molecule has 0 aromatic heterocycles. The first-order valence-corrected chi connectivity index (χ1v) is 8.36. The first-order chi connectivity index (χ1) is 9.27. The average Bonchev–Trinajstić information content (AvgIpc) is 3.13. The van der Waals surface area contributed by atoms with E-state index >= 15 is 0 Å². The van der Waals surface area contributed by atoms with Gasteiger partial charge in [0.05, 0.1) is 0 Å². The largest absolute Gasteiger partial charge is 0.340 e. The van der Waals surface area contributed by atoms with Gasteiger partial charge in [-0.2, -0.15) is 9.78 Å². The number of unbranched alkanes of at least 4 members (excludes halogenated alkanes) is 12. The van der Waals surface area contributed by atoms with Crippen LogP contribution < -0.4 is 0 Å². The number of hydrogen-bond donors (Lipinski definition) is 1. The second-order valence-corrected chi connectivity index (χ2v) is 5.87. The van der Waals surface area contributed by atoms with Crippen LogP contribution in [-0.4, -0.2) is 11.1 Å². The fourth-order valence-corrected chi connectivity index (χ4v) is 2.50. The zero-order valence-corrected chi connectivity index (χ0v) is 14.1. The molecule has 1 N–H and O–H groups in total. The summed E-state index contributed by atoms with van der Waals surface area (Å²) in [5.41, 5.74) is 0. The van der Waals surface area contributed by atoms with Crippen LogP contribution in [0, 0.1) is 0 Å². The molecule has 0 unspecified atom stereocenters. The van der Waals surface area contributed by atoms with Gasteiger partial charge in [0.25, 0.3) is 0 Å². The van der Waals surface area contributed by atoms with E-state index in [-0.39, 0.29) is 17.1 Å². The van der Waals surface area contributed by atoms with Crippen molar-refractivity contribution >= 4 is 0 Å². The predicted molar refractivity (Wildman–Crippen MR) is 77.4 cm³/mol. The van der Waals surface area contributed by atoms with Crippen molar-refractivity contribution in [3.05, 3.63) is 0 Å². The molecule has 4 heteroatoms. The molecular weight excluding hydrogens is 296 g/mol. The number of aliphatic hydroxyl groups is 1.